The maximum absolute atomic E-state index is 5.26. The summed E-state index contributed by atoms with van der Waals surface area (Å²) in [7, 11) is 0. The van der Waals surface area contributed by atoms with Crippen molar-refractivity contribution in [1.29, 1.82) is 0 Å². The summed E-state index contributed by atoms with van der Waals surface area (Å²) < 4.78 is 2.27. The van der Waals surface area contributed by atoms with E-state index in [2.05, 4.69) is 45.2 Å². The van der Waals surface area contributed by atoms with Gasteiger partial charge < -0.3 is 5.73 Å². The Morgan fingerprint density at radius 2 is 1.70 bits per heavy atom. The van der Waals surface area contributed by atoms with Gasteiger partial charge in [-0.15, -0.1) is 0 Å². The highest BCUT2D eigenvalue weighted by atomic mass is 127. The van der Waals surface area contributed by atoms with Gasteiger partial charge in [-0.05, 0) is 64.3 Å². The Labute approximate surface area is 88.7 Å². The summed E-state index contributed by atoms with van der Waals surface area (Å²) >= 11 is 4.43. The lowest BCUT2D eigenvalue weighted by Gasteiger charge is -1.86. The quantitative estimate of drug-likeness (QED) is 0.594. The topological polar surface area (TPSA) is 26.0 Å². The largest absolute Gasteiger partial charge is 0.404 e. The van der Waals surface area contributed by atoms with Crippen LogP contribution in [0, 0.1) is 0 Å². The van der Waals surface area contributed by atoms with Crippen molar-refractivity contribution < 1.29 is 0 Å². The molecule has 0 aliphatic heterocycles. The Balaban J connectivity index is 4.01. The van der Waals surface area contributed by atoms with Crippen molar-refractivity contribution in [3.63, 3.8) is 0 Å². The highest BCUT2D eigenvalue weighted by molar-refractivity contribution is 14.1. The van der Waals surface area contributed by atoms with Crippen LogP contribution < -0.4 is 5.73 Å². The van der Waals surface area contributed by atoms with Crippen LogP contribution in [0.2, 0.25) is 0 Å². The number of allylic oxidation sites excluding steroid dienone is 5. The Kier molecular flexibility index (Phi) is 6.50. The molecule has 0 radical (unpaired) electrons. The molecule has 0 bridgehead atoms. The first-order valence-corrected chi connectivity index (χ1v) is 4.93. The number of hydrogen-bond acceptors (Lipinski definition) is 1. The summed E-state index contributed by atoms with van der Waals surface area (Å²) in [6.07, 6.45) is 7.61. The number of rotatable bonds is 2. The van der Waals surface area contributed by atoms with Crippen LogP contribution in [0.4, 0.5) is 0 Å². The average molecular weight is 361 g/mol. The summed E-state index contributed by atoms with van der Waals surface area (Å²) in [5, 5.41) is 0. The third-order valence-corrected chi connectivity index (χ3v) is 2.54. The van der Waals surface area contributed by atoms with E-state index in [1.54, 1.807) is 6.20 Å². The molecule has 0 saturated heterocycles. The summed E-state index contributed by atoms with van der Waals surface area (Å²) in [6, 6.07) is 0. The zero-order valence-electron chi connectivity index (χ0n) is 5.64. The molecule has 0 heterocycles. The Morgan fingerprint density at radius 1 is 1.20 bits per heavy atom. The molecule has 0 rings (SSSR count). The third-order valence-electron chi connectivity index (χ3n) is 0.837. The zero-order chi connectivity index (χ0) is 7.98. The summed E-state index contributed by atoms with van der Waals surface area (Å²) in [5.74, 6) is 0. The van der Waals surface area contributed by atoms with E-state index in [4.69, 9.17) is 5.73 Å². The molecule has 0 fully saturated rings. The molecule has 1 nitrogen and oxygen atoms in total. The van der Waals surface area contributed by atoms with Crippen LogP contribution in [0.25, 0.3) is 0 Å². The molecule has 0 aliphatic carbocycles. The number of nitrogens with two attached hydrogens (primary N) is 1. The molecule has 0 amide bonds. The SMILES string of the molecule is C\C=C(I)/C=C\C(I)=C/N. The lowest BCUT2D eigenvalue weighted by Crippen LogP contribution is -1.77. The van der Waals surface area contributed by atoms with Gasteiger partial charge in [-0.1, -0.05) is 6.08 Å². The van der Waals surface area contributed by atoms with E-state index in [-0.39, 0.29) is 0 Å². The maximum atomic E-state index is 5.26. The second-order valence-corrected chi connectivity index (χ2v) is 4.05. The lowest BCUT2D eigenvalue weighted by molar-refractivity contribution is 1.59. The maximum Gasteiger partial charge on any atom is 0.0285 e. The van der Waals surface area contributed by atoms with Crippen LogP contribution in [0.5, 0.6) is 0 Å². The second kappa shape index (κ2) is 6.21. The van der Waals surface area contributed by atoms with Crippen LogP contribution in [-0.2, 0) is 0 Å². The fourth-order valence-electron chi connectivity index (χ4n) is 0.311. The average Bonchev–Trinajstić information content (AvgIpc) is 1.99. The highest BCUT2D eigenvalue weighted by Gasteiger charge is 1.81. The van der Waals surface area contributed by atoms with Crippen LogP contribution in [0.3, 0.4) is 0 Å². The number of halogens is 2. The first-order chi connectivity index (χ1) is 4.70. The predicted molar refractivity (Wildman–Crippen MR) is 63.2 cm³/mol. The molecule has 0 aromatic heterocycles. The van der Waals surface area contributed by atoms with E-state index in [0.29, 0.717) is 0 Å². The van der Waals surface area contributed by atoms with Gasteiger partial charge in [0, 0.05) is 13.4 Å². The zero-order valence-corrected chi connectivity index (χ0v) is 9.96. The summed E-state index contributed by atoms with van der Waals surface area (Å²) in [5.41, 5.74) is 5.26. The van der Waals surface area contributed by atoms with Gasteiger partial charge >= 0.3 is 0 Å². The molecule has 0 spiro atoms. The van der Waals surface area contributed by atoms with Gasteiger partial charge in [0.2, 0.25) is 0 Å². The molecule has 3 heteroatoms. The molecule has 0 aliphatic rings. The predicted octanol–water partition coefficient (Wildman–Crippen LogP) is 3.12. The fourth-order valence-corrected chi connectivity index (χ4v) is 0.671. The summed E-state index contributed by atoms with van der Waals surface area (Å²) in [6.45, 7) is 2.01. The minimum absolute atomic E-state index is 1.05. The van der Waals surface area contributed by atoms with Crippen LogP contribution in [0.1, 0.15) is 6.92 Å². The van der Waals surface area contributed by atoms with Crippen molar-refractivity contribution >= 4 is 45.2 Å². The van der Waals surface area contributed by atoms with E-state index in [0.717, 1.165) is 3.58 Å². The summed E-state index contributed by atoms with van der Waals surface area (Å²) in [4.78, 5) is 0. The van der Waals surface area contributed by atoms with E-state index in [1.807, 2.05) is 25.2 Å². The molecule has 0 unspecified atom stereocenters. The molecule has 56 valence electrons. The molecule has 10 heavy (non-hydrogen) atoms. The van der Waals surface area contributed by atoms with Crippen molar-refractivity contribution in [2.75, 3.05) is 0 Å². The van der Waals surface area contributed by atoms with Gasteiger partial charge in [-0.2, -0.15) is 0 Å². The van der Waals surface area contributed by atoms with Crippen molar-refractivity contribution in [3.8, 4) is 0 Å². The molecular weight excluding hydrogens is 352 g/mol. The Morgan fingerprint density at radius 3 is 2.10 bits per heavy atom. The van der Waals surface area contributed by atoms with Gasteiger partial charge in [0.25, 0.3) is 0 Å². The van der Waals surface area contributed by atoms with Crippen molar-refractivity contribution in [2.45, 2.75) is 6.92 Å². The fraction of sp³-hybridized carbons (Fsp3) is 0.143. The van der Waals surface area contributed by atoms with Crippen LogP contribution in [-0.4, -0.2) is 0 Å². The molecule has 0 saturated carbocycles. The van der Waals surface area contributed by atoms with E-state index < -0.39 is 0 Å². The number of hydrogen-bond donors (Lipinski definition) is 1. The van der Waals surface area contributed by atoms with Crippen molar-refractivity contribution in [2.24, 2.45) is 5.73 Å². The second-order valence-electron chi connectivity index (χ2n) is 1.56. The monoisotopic (exact) mass is 361 g/mol. The van der Waals surface area contributed by atoms with Crippen LogP contribution >= 0.6 is 45.2 Å². The molecule has 0 atom stereocenters. The smallest absolute Gasteiger partial charge is 0.0285 e. The minimum Gasteiger partial charge on any atom is -0.404 e. The van der Waals surface area contributed by atoms with Gasteiger partial charge in [0.1, 0.15) is 0 Å². The van der Waals surface area contributed by atoms with Gasteiger partial charge in [-0.3, -0.25) is 0 Å². The van der Waals surface area contributed by atoms with Gasteiger partial charge in [0.05, 0.1) is 0 Å². The van der Waals surface area contributed by atoms with Crippen molar-refractivity contribution in [3.05, 3.63) is 31.6 Å². The first-order valence-electron chi connectivity index (χ1n) is 2.78. The first kappa shape index (κ1) is 10.5. The lowest BCUT2D eigenvalue weighted by atomic mass is 10.4. The van der Waals surface area contributed by atoms with E-state index in [1.165, 1.54) is 3.58 Å². The van der Waals surface area contributed by atoms with E-state index in [9.17, 15) is 0 Å². The highest BCUT2D eigenvalue weighted by Crippen LogP contribution is 2.11. The van der Waals surface area contributed by atoms with E-state index >= 15 is 0 Å². The molecular formula is C7H9I2N. The van der Waals surface area contributed by atoms with Crippen molar-refractivity contribution in [1.82, 2.24) is 0 Å². The molecule has 2 N–H and O–H groups in total. The Hall–Kier alpha value is 0.480. The molecule has 0 aromatic rings. The third kappa shape index (κ3) is 5.28. The van der Waals surface area contributed by atoms with Gasteiger partial charge in [0.15, 0.2) is 0 Å². The van der Waals surface area contributed by atoms with Crippen LogP contribution in [0.15, 0.2) is 31.6 Å². The Bertz CT molecular complexity index is 160. The normalized spacial score (nSPS) is 14.7. The standard InChI is InChI=1S/C7H9I2N/c1-2-6(8)3-4-7(9)5-10/h2-5H,10H2,1H3/b4-3-,6-2+,7-5+. The minimum atomic E-state index is 1.05. The molecule has 0 aromatic carbocycles. The van der Waals surface area contributed by atoms with Gasteiger partial charge in [-0.25, -0.2) is 0 Å².